The number of aromatic nitrogens is 2. The van der Waals surface area contributed by atoms with Gasteiger partial charge in [0.2, 0.25) is 0 Å². The van der Waals surface area contributed by atoms with Crippen LogP contribution in [0.25, 0.3) is 0 Å². The Morgan fingerprint density at radius 1 is 1.23 bits per heavy atom. The van der Waals surface area contributed by atoms with Gasteiger partial charge >= 0.3 is 0 Å². The molecule has 1 N–H and O–H groups in total. The van der Waals surface area contributed by atoms with E-state index in [-0.39, 0.29) is 6.04 Å². The summed E-state index contributed by atoms with van der Waals surface area (Å²) in [6.45, 7) is 2.94. The molecule has 0 spiro atoms. The molecule has 0 saturated carbocycles. The van der Waals surface area contributed by atoms with E-state index in [0.29, 0.717) is 13.2 Å². The van der Waals surface area contributed by atoms with Gasteiger partial charge in [-0.1, -0.05) is 6.07 Å². The molecule has 2 aromatic heterocycles. The van der Waals surface area contributed by atoms with Crippen molar-refractivity contribution in [1.29, 1.82) is 0 Å². The summed E-state index contributed by atoms with van der Waals surface area (Å²) in [7, 11) is 1.70. The quantitative estimate of drug-likeness (QED) is 0.629. The van der Waals surface area contributed by atoms with E-state index in [1.54, 1.807) is 24.6 Å². The first-order valence-electron chi connectivity index (χ1n) is 10.1. The maximum absolute atomic E-state index is 5.78. The third-order valence-corrected chi connectivity index (χ3v) is 6.15. The molecular formula is C22H24N4O3S. The molecule has 7 nitrogen and oxygen atoms in total. The molecule has 156 valence electrons. The van der Waals surface area contributed by atoms with Crippen LogP contribution in [0, 0.1) is 0 Å². The van der Waals surface area contributed by atoms with E-state index in [1.165, 1.54) is 0 Å². The van der Waals surface area contributed by atoms with Gasteiger partial charge in [-0.05, 0) is 37.6 Å². The first-order valence-corrected chi connectivity index (χ1v) is 11.0. The second kappa shape index (κ2) is 8.49. The lowest BCUT2D eigenvalue weighted by Gasteiger charge is -2.26. The highest BCUT2D eigenvalue weighted by Crippen LogP contribution is 2.39. The minimum atomic E-state index is 0.265. The van der Waals surface area contributed by atoms with Crippen LogP contribution in [0.4, 0.5) is 10.9 Å². The molecular weight excluding hydrogens is 400 g/mol. The summed E-state index contributed by atoms with van der Waals surface area (Å²) in [5.74, 6) is 3.20. The molecule has 1 atom stereocenters. The van der Waals surface area contributed by atoms with Gasteiger partial charge in [-0.3, -0.25) is 4.90 Å². The molecule has 0 aliphatic carbocycles. The van der Waals surface area contributed by atoms with Crippen molar-refractivity contribution in [3.05, 3.63) is 53.2 Å². The molecule has 0 radical (unpaired) electrons. The third-order valence-electron chi connectivity index (χ3n) is 5.46. The van der Waals surface area contributed by atoms with Gasteiger partial charge in [0.25, 0.3) is 0 Å². The smallest absolute Gasteiger partial charge is 0.188 e. The number of likely N-dealkylation sites (tertiary alicyclic amines) is 1. The maximum atomic E-state index is 5.78. The van der Waals surface area contributed by atoms with Crippen molar-refractivity contribution in [2.24, 2.45) is 0 Å². The second-order valence-electron chi connectivity index (χ2n) is 7.35. The topological polar surface area (TPSA) is 68.7 Å². The van der Waals surface area contributed by atoms with E-state index in [1.807, 2.05) is 17.5 Å². The maximum Gasteiger partial charge on any atom is 0.188 e. The Bertz CT molecular complexity index is 1010. The summed E-state index contributed by atoms with van der Waals surface area (Å²) in [4.78, 5) is 11.6. The summed E-state index contributed by atoms with van der Waals surface area (Å²) in [5.41, 5.74) is 2.18. The molecule has 2 aliphatic rings. The van der Waals surface area contributed by atoms with E-state index < -0.39 is 0 Å². The van der Waals surface area contributed by atoms with Crippen LogP contribution in [0.3, 0.4) is 0 Å². The molecule has 0 amide bonds. The Morgan fingerprint density at radius 2 is 2.10 bits per heavy atom. The van der Waals surface area contributed by atoms with Crippen LogP contribution in [0.2, 0.25) is 0 Å². The standard InChI is InChI=1S/C22H24N4O3S/c1-27-18-13-20-19(28-9-10-29-20)12-15(18)14-26-8-3-5-17(26)16-4-2-6-21(24-16)25-22-23-7-11-30-22/h2,4,6-7,11-13,17H,3,5,8-10,14H2,1H3,(H,23,24,25)/t17-/m0/s1. The fourth-order valence-corrected chi connectivity index (χ4v) is 4.63. The SMILES string of the molecule is COc1cc2c(cc1CN1CCC[C@H]1c1cccc(Nc3nccs3)n1)OCCO2. The summed E-state index contributed by atoms with van der Waals surface area (Å²) in [5, 5.41) is 6.09. The van der Waals surface area contributed by atoms with Gasteiger partial charge in [-0.2, -0.15) is 0 Å². The van der Waals surface area contributed by atoms with Gasteiger partial charge in [-0.15, -0.1) is 11.3 Å². The zero-order chi connectivity index (χ0) is 20.3. The number of hydrogen-bond donors (Lipinski definition) is 1. The Kier molecular flexibility index (Phi) is 5.42. The molecule has 3 aromatic rings. The van der Waals surface area contributed by atoms with Crippen molar-refractivity contribution >= 4 is 22.3 Å². The third kappa shape index (κ3) is 3.93. The van der Waals surface area contributed by atoms with E-state index in [9.17, 15) is 0 Å². The number of thiazole rings is 1. The van der Waals surface area contributed by atoms with E-state index in [4.69, 9.17) is 19.2 Å². The van der Waals surface area contributed by atoms with Crippen molar-refractivity contribution in [3.63, 3.8) is 0 Å². The Labute approximate surface area is 179 Å². The van der Waals surface area contributed by atoms with Crippen LogP contribution in [-0.2, 0) is 6.54 Å². The number of nitrogens with one attached hydrogen (secondary N) is 1. The lowest BCUT2D eigenvalue weighted by atomic mass is 10.1. The number of ether oxygens (including phenoxy) is 3. The monoisotopic (exact) mass is 424 g/mol. The number of rotatable bonds is 6. The lowest BCUT2D eigenvalue weighted by molar-refractivity contribution is 0.169. The molecule has 0 bridgehead atoms. The van der Waals surface area contributed by atoms with E-state index in [0.717, 1.165) is 65.4 Å². The Hall–Kier alpha value is -2.84. The van der Waals surface area contributed by atoms with Gasteiger partial charge in [0, 0.05) is 29.8 Å². The zero-order valence-electron chi connectivity index (χ0n) is 16.8. The zero-order valence-corrected chi connectivity index (χ0v) is 17.7. The van der Waals surface area contributed by atoms with E-state index >= 15 is 0 Å². The minimum Gasteiger partial charge on any atom is -0.496 e. The number of benzene rings is 1. The lowest BCUT2D eigenvalue weighted by Crippen LogP contribution is -2.24. The normalized spacial score (nSPS) is 18.4. The van der Waals surface area contributed by atoms with Crippen LogP contribution in [0.15, 0.2) is 41.9 Å². The van der Waals surface area contributed by atoms with Crippen molar-refractivity contribution < 1.29 is 14.2 Å². The largest absolute Gasteiger partial charge is 0.496 e. The highest BCUT2D eigenvalue weighted by atomic mass is 32.1. The molecule has 0 unspecified atom stereocenters. The first-order chi connectivity index (χ1) is 14.8. The number of nitrogens with zero attached hydrogens (tertiary/aromatic N) is 3. The Morgan fingerprint density at radius 3 is 2.90 bits per heavy atom. The number of anilines is 2. The first kappa shape index (κ1) is 19.1. The summed E-state index contributed by atoms with van der Waals surface area (Å²) >= 11 is 1.56. The fourth-order valence-electron chi connectivity index (χ4n) is 4.10. The van der Waals surface area contributed by atoms with Crippen molar-refractivity contribution in [2.45, 2.75) is 25.4 Å². The van der Waals surface area contributed by atoms with E-state index in [2.05, 4.69) is 33.4 Å². The highest BCUT2D eigenvalue weighted by Gasteiger charge is 2.29. The average molecular weight is 425 g/mol. The number of methoxy groups -OCH3 is 1. The highest BCUT2D eigenvalue weighted by molar-refractivity contribution is 7.13. The number of hydrogen-bond acceptors (Lipinski definition) is 8. The molecule has 30 heavy (non-hydrogen) atoms. The molecule has 2 aliphatic heterocycles. The van der Waals surface area contributed by atoms with Crippen molar-refractivity contribution in [1.82, 2.24) is 14.9 Å². The van der Waals surface area contributed by atoms with Crippen molar-refractivity contribution in [3.8, 4) is 17.2 Å². The van der Waals surface area contributed by atoms with Crippen LogP contribution in [-0.4, -0.2) is 41.7 Å². The summed E-state index contributed by atoms with van der Waals surface area (Å²) < 4.78 is 17.1. The van der Waals surface area contributed by atoms with Gasteiger partial charge in [0.15, 0.2) is 16.6 Å². The molecule has 1 saturated heterocycles. The summed E-state index contributed by atoms with van der Waals surface area (Å²) in [6.07, 6.45) is 4.01. The van der Waals surface area contributed by atoms with Gasteiger partial charge in [0.1, 0.15) is 24.8 Å². The predicted octanol–water partition coefficient (Wildman–Crippen LogP) is 4.40. The van der Waals surface area contributed by atoms with Crippen molar-refractivity contribution in [2.75, 3.05) is 32.2 Å². The van der Waals surface area contributed by atoms with Crippen LogP contribution >= 0.6 is 11.3 Å². The van der Waals surface area contributed by atoms with Crippen LogP contribution in [0.1, 0.15) is 30.1 Å². The minimum absolute atomic E-state index is 0.265. The molecule has 1 aromatic carbocycles. The predicted molar refractivity (Wildman–Crippen MR) is 116 cm³/mol. The summed E-state index contributed by atoms with van der Waals surface area (Å²) in [6, 6.07) is 10.4. The molecule has 4 heterocycles. The average Bonchev–Trinajstić information content (AvgIpc) is 3.45. The van der Waals surface area contributed by atoms with Crippen LogP contribution in [0.5, 0.6) is 17.2 Å². The van der Waals surface area contributed by atoms with Gasteiger partial charge in [0.05, 0.1) is 18.8 Å². The number of fused-ring (bicyclic) bond motifs is 1. The Balaban J connectivity index is 1.37. The van der Waals surface area contributed by atoms with Crippen LogP contribution < -0.4 is 19.5 Å². The second-order valence-corrected chi connectivity index (χ2v) is 8.24. The number of pyridine rings is 1. The molecule has 5 rings (SSSR count). The fraction of sp³-hybridized carbons (Fsp3) is 0.364. The molecule has 1 fully saturated rings. The van der Waals surface area contributed by atoms with Gasteiger partial charge < -0.3 is 19.5 Å². The molecule has 8 heteroatoms. The van der Waals surface area contributed by atoms with Gasteiger partial charge in [-0.25, -0.2) is 9.97 Å².